The van der Waals surface area contributed by atoms with Crippen LogP contribution in [0.15, 0.2) is 48.5 Å². The van der Waals surface area contributed by atoms with Gasteiger partial charge in [-0.1, -0.05) is 18.2 Å². The normalized spacial score (nSPS) is 16.2. The molecule has 0 atom stereocenters. The number of nitrogens with one attached hydrogen (secondary N) is 1. The molecule has 33 heavy (non-hydrogen) atoms. The van der Waals surface area contributed by atoms with Crippen LogP contribution in [0, 0.1) is 0 Å². The summed E-state index contributed by atoms with van der Waals surface area (Å²) < 4.78 is 13.5. The van der Waals surface area contributed by atoms with E-state index in [1.165, 1.54) is 5.69 Å². The fourth-order valence-electron chi connectivity index (χ4n) is 4.74. The zero-order valence-corrected chi connectivity index (χ0v) is 18.8. The molecular weight excluding hydrogens is 418 g/mol. The van der Waals surface area contributed by atoms with E-state index in [1.807, 2.05) is 24.3 Å². The maximum atomic E-state index is 11.4. The Morgan fingerprint density at radius 2 is 1.67 bits per heavy atom. The van der Waals surface area contributed by atoms with E-state index in [0.717, 1.165) is 80.3 Å². The minimum atomic E-state index is -0.532. The number of rotatable bonds is 7. The second-order valence-corrected chi connectivity index (χ2v) is 8.59. The van der Waals surface area contributed by atoms with Crippen LogP contribution >= 0.6 is 0 Å². The van der Waals surface area contributed by atoms with E-state index in [2.05, 4.69) is 43.9 Å². The van der Waals surface area contributed by atoms with Crippen LogP contribution in [0.1, 0.15) is 12.8 Å². The van der Waals surface area contributed by atoms with Gasteiger partial charge in [0, 0.05) is 55.4 Å². The lowest BCUT2D eigenvalue weighted by atomic mass is 10.2. The number of para-hydroxylation sites is 1. The molecule has 0 saturated carbocycles. The number of aryl methyl sites for hydroxylation is 1. The molecule has 174 valence electrons. The standard InChI is InChI=1S/C25H31N5O3/c26-25(31)27-24-17-19-5-1-2-6-21(19)30(24)10-4-3-9-28-11-13-29(14-12-28)20-7-8-22-23(18-20)33-16-15-32-22/h1-2,5-8,17-18H,3-4,9-16H2,(H3,26,27,31). The highest BCUT2D eigenvalue weighted by molar-refractivity contribution is 5.92. The third kappa shape index (κ3) is 4.85. The maximum Gasteiger partial charge on any atom is 0.317 e. The van der Waals surface area contributed by atoms with Crippen molar-refractivity contribution in [3.05, 3.63) is 48.5 Å². The fourth-order valence-corrected chi connectivity index (χ4v) is 4.74. The Morgan fingerprint density at radius 3 is 2.48 bits per heavy atom. The molecule has 3 N–H and O–H groups in total. The smallest absolute Gasteiger partial charge is 0.317 e. The van der Waals surface area contributed by atoms with Crippen molar-refractivity contribution >= 4 is 28.4 Å². The summed E-state index contributed by atoms with van der Waals surface area (Å²) in [5.74, 6) is 2.45. The monoisotopic (exact) mass is 449 g/mol. The second kappa shape index (κ2) is 9.62. The molecule has 1 fully saturated rings. The van der Waals surface area contributed by atoms with Crippen LogP contribution in [0.4, 0.5) is 16.3 Å². The van der Waals surface area contributed by atoms with Crippen molar-refractivity contribution < 1.29 is 14.3 Å². The number of carbonyl (C=O) groups is 1. The lowest BCUT2D eigenvalue weighted by molar-refractivity contribution is 0.171. The molecule has 3 aromatic rings. The van der Waals surface area contributed by atoms with Crippen molar-refractivity contribution in [2.45, 2.75) is 19.4 Å². The number of unbranched alkanes of at least 4 members (excludes halogenated alkanes) is 1. The first-order chi connectivity index (χ1) is 16.2. The zero-order chi connectivity index (χ0) is 22.6. The molecule has 0 radical (unpaired) electrons. The predicted molar refractivity (Wildman–Crippen MR) is 130 cm³/mol. The van der Waals surface area contributed by atoms with Gasteiger partial charge in [-0.25, -0.2) is 4.79 Å². The fraction of sp³-hybridized carbons (Fsp3) is 0.400. The first-order valence-electron chi connectivity index (χ1n) is 11.7. The maximum absolute atomic E-state index is 11.4. The number of carbonyl (C=O) groups excluding carboxylic acids is 1. The summed E-state index contributed by atoms with van der Waals surface area (Å²) in [4.78, 5) is 16.4. The van der Waals surface area contributed by atoms with Gasteiger partial charge in [-0.05, 0) is 43.7 Å². The molecule has 8 heteroatoms. The van der Waals surface area contributed by atoms with Crippen molar-refractivity contribution in [1.29, 1.82) is 0 Å². The summed E-state index contributed by atoms with van der Waals surface area (Å²) in [5.41, 5.74) is 7.69. The van der Waals surface area contributed by atoms with Crippen LogP contribution in [0.5, 0.6) is 11.5 Å². The SMILES string of the molecule is NC(=O)Nc1cc2ccccc2n1CCCCN1CCN(c2ccc3c(c2)OCCO3)CC1. The van der Waals surface area contributed by atoms with Crippen LogP contribution in [0.25, 0.3) is 10.9 Å². The van der Waals surface area contributed by atoms with E-state index in [9.17, 15) is 4.79 Å². The lowest BCUT2D eigenvalue weighted by Crippen LogP contribution is -2.46. The van der Waals surface area contributed by atoms with E-state index in [4.69, 9.17) is 15.2 Å². The molecule has 3 heterocycles. The van der Waals surface area contributed by atoms with Gasteiger partial charge in [0.1, 0.15) is 19.0 Å². The Balaban J connectivity index is 1.11. The minimum absolute atomic E-state index is 0.532. The number of hydrogen-bond donors (Lipinski definition) is 2. The summed E-state index contributed by atoms with van der Waals surface area (Å²) >= 11 is 0. The van der Waals surface area contributed by atoms with Crippen molar-refractivity contribution in [1.82, 2.24) is 9.47 Å². The highest BCUT2D eigenvalue weighted by Gasteiger charge is 2.19. The first-order valence-corrected chi connectivity index (χ1v) is 11.7. The van der Waals surface area contributed by atoms with Crippen LogP contribution in [0.3, 0.4) is 0 Å². The average Bonchev–Trinajstić information content (AvgIpc) is 3.18. The van der Waals surface area contributed by atoms with Gasteiger partial charge in [-0.15, -0.1) is 0 Å². The number of piperazine rings is 1. The Hall–Kier alpha value is -3.39. The number of hydrogen-bond acceptors (Lipinski definition) is 5. The summed E-state index contributed by atoms with van der Waals surface area (Å²) in [7, 11) is 0. The molecule has 1 saturated heterocycles. The summed E-state index contributed by atoms with van der Waals surface area (Å²) in [6.45, 7) is 7.28. The number of anilines is 2. The molecule has 2 aliphatic rings. The molecule has 8 nitrogen and oxygen atoms in total. The first kappa shape index (κ1) is 21.5. The molecule has 0 unspecified atom stereocenters. The van der Waals surface area contributed by atoms with Gasteiger partial charge >= 0.3 is 6.03 Å². The molecule has 0 bridgehead atoms. The number of benzene rings is 2. The molecular formula is C25H31N5O3. The van der Waals surface area contributed by atoms with E-state index in [0.29, 0.717) is 13.2 Å². The quantitative estimate of drug-likeness (QED) is 0.539. The zero-order valence-electron chi connectivity index (χ0n) is 18.8. The number of nitrogens with zero attached hydrogens (tertiary/aromatic N) is 3. The Bertz CT molecular complexity index is 1120. The number of amides is 2. The van der Waals surface area contributed by atoms with Gasteiger partial charge in [-0.2, -0.15) is 0 Å². The lowest BCUT2D eigenvalue weighted by Gasteiger charge is -2.36. The van der Waals surface area contributed by atoms with Crippen molar-refractivity contribution in [3.8, 4) is 11.5 Å². The van der Waals surface area contributed by atoms with Crippen molar-refractivity contribution in [2.24, 2.45) is 5.73 Å². The van der Waals surface area contributed by atoms with Gasteiger partial charge in [0.25, 0.3) is 0 Å². The Morgan fingerprint density at radius 1 is 0.909 bits per heavy atom. The second-order valence-electron chi connectivity index (χ2n) is 8.59. The largest absolute Gasteiger partial charge is 0.486 e. The number of urea groups is 1. The van der Waals surface area contributed by atoms with Crippen LogP contribution in [0.2, 0.25) is 0 Å². The van der Waals surface area contributed by atoms with Crippen LogP contribution in [-0.4, -0.2) is 61.4 Å². The Labute approximate surface area is 193 Å². The molecule has 0 spiro atoms. The van der Waals surface area contributed by atoms with Crippen molar-refractivity contribution in [2.75, 3.05) is 56.2 Å². The van der Waals surface area contributed by atoms with E-state index in [1.54, 1.807) is 0 Å². The Kier molecular flexibility index (Phi) is 6.26. The average molecular weight is 450 g/mol. The molecule has 2 aromatic carbocycles. The summed E-state index contributed by atoms with van der Waals surface area (Å²) in [6, 6.07) is 15.9. The van der Waals surface area contributed by atoms with Gasteiger partial charge in [0.15, 0.2) is 11.5 Å². The molecule has 2 amide bonds. The predicted octanol–water partition coefficient (Wildman–Crippen LogP) is 3.51. The third-order valence-corrected chi connectivity index (χ3v) is 6.43. The number of ether oxygens (including phenoxy) is 2. The van der Waals surface area contributed by atoms with Crippen molar-refractivity contribution in [3.63, 3.8) is 0 Å². The van der Waals surface area contributed by atoms with E-state index >= 15 is 0 Å². The number of fused-ring (bicyclic) bond motifs is 2. The number of nitrogens with two attached hydrogens (primary N) is 1. The van der Waals surface area contributed by atoms with Gasteiger partial charge in [-0.3, -0.25) is 10.2 Å². The van der Waals surface area contributed by atoms with Gasteiger partial charge in [0.05, 0.1) is 0 Å². The highest BCUT2D eigenvalue weighted by atomic mass is 16.6. The van der Waals surface area contributed by atoms with Gasteiger partial charge < -0.3 is 24.7 Å². The molecule has 1 aromatic heterocycles. The topological polar surface area (TPSA) is 85.0 Å². The summed E-state index contributed by atoms with van der Waals surface area (Å²) in [6.07, 6.45) is 2.14. The van der Waals surface area contributed by atoms with E-state index in [-0.39, 0.29) is 0 Å². The molecule has 5 rings (SSSR count). The minimum Gasteiger partial charge on any atom is -0.486 e. The third-order valence-electron chi connectivity index (χ3n) is 6.43. The summed E-state index contributed by atoms with van der Waals surface area (Å²) in [5, 5.41) is 3.87. The molecule has 2 aliphatic heterocycles. The van der Waals surface area contributed by atoms with E-state index < -0.39 is 6.03 Å². The highest BCUT2D eigenvalue weighted by Crippen LogP contribution is 2.34. The van der Waals surface area contributed by atoms with Crippen LogP contribution in [-0.2, 0) is 6.54 Å². The number of primary amides is 1. The number of aromatic nitrogens is 1. The van der Waals surface area contributed by atoms with Crippen LogP contribution < -0.4 is 25.4 Å². The molecule has 0 aliphatic carbocycles. The van der Waals surface area contributed by atoms with Gasteiger partial charge in [0.2, 0.25) is 0 Å².